The Hall–Kier alpha value is -3.67. The third-order valence-electron chi connectivity index (χ3n) is 5.06. The summed E-state index contributed by atoms with van der Waals surface area (Å²) in [5, 5.41) is 12.3. The fourth-order valence-electron chi connectivity index (χ4n) is 3.40. The minimum absolute atomic E-state index is 0.121. The van der Waals surface area contributed by atoms with E-state index in [9.17, 15) is 23.6 Å². The van der Waals surface area contributed by atoms with Crippen molar-refractivity contribution in [1.29, 1.82) is 5.26 Å². The molecule has 1 saturated heterocycles. The van der Waals surface area contributed by atoms with Crippen molar-refractivity contribution in [3.8, 4) is 6.07 Å². The van der Waals surface area contributed by atoms with Crippen LogP contribution in [0.25, 0.3) is 0 Å². The Kier molecular flexibility index (Phi) is 6.96. The number of amides is 2. The van der Waals surface area contributed by atoms with Crippen LogP contribution in [0.1, 0.15) is 5.56 Å². The van der Waals surface area contributed by atoms with Gasteiger partial charge in [0.1, 0.15) is 28.3 Å². The Labute approximate surface area is 203 Å². The lowest BCUT2D eigenvalue weighted by Crippen LogP contribution is -2.31. The lowest BCUT2D eigenvalue weighted by molar-refractivity contribution is -0.117. The van der Waals surface area contributed by atoms with Crippen molar-refractivity contribution in [2.45, 2.75) is 11.7 Å². The number of anilines is 2. The maximum absolute atomic E-state index is 13.5. The molecule has 0 aromatic heterocycles. The van der Waals surface area contributed by atoms with Gasteiger partial charge in [-0.1, -0.05) is 41.6 Å². The first-order valence-corrected chi connectivity index (χ1v) is 11.3. The van der Waals surface area contributed by atoms with Gasteiger partial charge < -0.3 is 5.32 Å². The van der Waals surface area contributed by atoms with Gasteiger partial charge in [0.25, 0.3) is 5.91 Å². The highest BCUT2D eigenvalue weighted by Gasteiger charge is 2.41. The lowest BCUT2D eigenvalue weighted by Gasteiger charge is -2.18. The molecule has 1 fully saturated rings. The summed E-state index contributed by atoms with van der Waals surface area (Å²) in [6, 6.07) is 19.2. The number of carbonyl (C=O) groups is 2. The van der Waals surface area contributed by atoms with Crippen LogP contribution in [0.3, 0.4) is 0 Å². The molecule has 0 saturated carbocycles. The van der Waals surface area contributed by atoms with Crippen LogP contribution in [0.15, 0.2) is 83.4 Å². The number of carbonyl (C=O) groups excluding carboxylic acids is 2. The minimum atomic E-state index is -0.755. The largest absolute Gasteiger partial charge is 0.321 e. The van der Waals surface area contributed by atoms with Gasteiger partial charge in [0.15, 0.2) is 0 Å². The van der Waals surface area contributed by atoms with Gasteiger partial charge in [0.05, 0.1) is 5.25 Å². The maximum Gasteiger partial charge on any atom is 0.269 e. The number of benzene rings is 3. The second-order valence-electron chi connectivity index (χ2n) is 7.31. The first-order valence-electron chi connectivity index (χ1n) is 10.1. The SMILES string of the molecule is N#C/C(C(=O)Nc1ccc(F)cc1)=C1/S[C@@H](Cc2ccccc2Cl)C(=O)N1c1ccc(F)cc1. The predicted octanol–water partition coefficient (Wildman–Crippen LogP) is 5.68. The zero-order valence-corrected chi connectivity index (χ0v) is 19.0. The van der Waals surface area contributed by atoms with Gasteiger partial charge in [-0.3, -0.25) is 14.5 Å². The number of hydrogen-bond donors (Lipinski definition) is 1. The molecule has 0 radical (unpaired) electrons. The summed E-state index contributed by atoms with van der Waals surface area (Å²) in [5.74, 6) is -2.08. The molecule has 1 aliphatic heterocycles. The van der Waals surface area contributed by atoms with E-state index in [0.717, 1.165) is 17.3 Å². The number of nitriles is 1. The Morgan fingerprint density at radius 1 is 1.03 bits per heavy atom. The van der Waals surface area contributed by atoms with Crippen LogP contribution in [0, 0.1) is 23.0 Å². The van der Waals surface area contributed by atoms with Gasteiger partial charge in [-0.25, -0.2) is 8.78 Å². The van der Waals surface area contributed by atoms with Crippen LogP contribution in [-0.2, 0) is 16.0 Å². The van der Waals surface area contributed by atoms with Gasteiger partial charge in [-0.15, -0.1) is 0 Å². The number of rotatable bonds is 5. The molecular weight excluding hydrogens is 480 g/mol. The molecule has 0 spiro atoms. The Morgan fingerprint density at radius 3 is 2.26 bits per heavy atom. The summed E-state index contributed by atoms with van der Waals surface area (Å²) in [6.07, 6.45) is 0.267. The molecular formula is C25H16ClF2N3O2S. The van der Waals surface area contributed by atoms with Crippen molar-refractivity contribution in [3.63, 3.8) is 0 Å². The molecule has 5 nitrogen and oxygen atoms in total. The van der Waals surface area contributed by atoms with Crippen molar-refractivity contribution >= 4 is 46.6 Å². The van der Waals surface area contributed by atoms with E-state index in [1.165, 1.54) is 53.4 Å². The van der Waals surface area contributed by atoms with Gasteiger partial charge in [0, 0.05) is 16.4 Å². The number of nitrogens with one attached hydrogen (secondary N) is 1. The molecule has 1 N–H and O–H groups in total. The topological polar surface area (TPSA) is 73.2 Å². The van der Waals surface area contributed by atoms with Crippen LogP contribution in [-0.4, -0.2) is 17.1 Å². The number of nitrogens with zero attached hydrogens (tertiary/aromatic N) is 2. The summed E-state index contributed by atoms with van der Waals surface area (Å²) < 4.78 is 26.7. The molecule has 1 atom stereocenters. The van der Waals surface area contributed by atoms with E-state index in [0.29, 0.717) is 10.7 Å². The predicted molar refractivity (Wildman–Crippen MR) is 128 cm³/mol. The van der Waals surface area contributed by atoms with E-state index < -0.39 is 22.8 Å². The summed E-state index contributed by atoms with van der Waals surface area (Å²) in [6.45, 7) is 0. The van der Waals surface area contributed by atoms with Crippen molar-refractivity contribution < 1.29 is 18.4 Å². The van der Waals surface area contributed by atoms with E-state index in [2.05, 4.69) is 5.32 Å². The van der Waals surface area contributed by atoms with Crippen molar-refractivity contribution in [3.05, 3.63) is 106 Å². The fraction of sp³-hybridized carbons (Fsp3) is 0.0800. The molecule has 0 aliphatic carbocycles. The van der Waals surface area contributed by atoms with Crippen LogP contribution < -0.4 is 10.2 Å². The highest BCUT2D eigenvalue weighted by atomic mass is 35.5. The smallest absolute Gasteiger partial charge is 0.269 e. The average molecular weight is 496 g/mol. The van der Waals surface area contributed by atoms with E-state index in [-0.39, 0.29) is 28.6 Å². The lowest BCUT2D eigenvalue weighted by atomic mass is 10.1. The van der Waals surface area contributed by atoms with Gasteiger partial charge in [0.2, 0.25) is 5.91 Å². The molecule has 4 rings (SSSR count). The van der Waals surface area contributed by atoms with Crippen molar-refractivity contribution in [2.75, 3.05) is 10.2 Å². The first-order chi connectivity index (χ1) is 16.4. The highest BCUT2D eigenvalue weighted by molar-refractivity contribution is 8.05. The van der Waals surface area contributed by atoms with Gasteiger partial charge in [-0.2, -0.15) is 5.26 Å². The second-order valence-corrected chi connectivity index (χ2v) is 8.90. The van der Waals surface area contributed by atoms with Crippen LogP contribution in [0.4, 0.5) is 20.2 Å². The molecule has 9 heteroatoms. The molecule has 170 valence electrons. The monoisotopic (exact) mass is 495 g/mol. The summed E-state index contributed by atoms with van der Waals surface area (Å²) in [7, 11) is 0. The molecule has 34 heavy (non-hydrogen) atoms. The number of hydrogen-bond acceptors (Lipinski definition) is 4. The van der Waals surface area contributed by atoms with Crippen LogP contribution in [0.5, 0.6) is 0 Å². The standard InChI is InChI=1S/C25H16ClF2N3O2S/c26-21-4-2-1-3-15(21)13-22-24(33)31(19-11-7-17(28)8-12-19)25(34-22)20(14-29)23(32)30-18-9-5-16(27)6-10-18/h1-12,22H,13H2,(H,30,32)/b25-20-/t22-/m0/s1. The molecule has 3 aromatic rings. The van der Waals surface area contributed by atoms with Gasteiger partial charge >= 0.3 is 0 Å². The van der Waals surface area contributed by atoms with E-state index in [1.54, 1.807) is 24.3 Å². The highest BCUT2D eigenvalue weighted by Crippen LogP contribution is 2.42. The normalized spacial score (nSPS) is 16.8. The Balaban J connectivity index is 1.73. The van der Waals surface area contributed by atoms with Crippen LogP contribution in [0.2, 0.25) is 5.02 Å². The van der Waals surface area contributed by atoms with Crippen molar-refractivity contribution in [1.82, 2.24) is 0 Å². The van der Waals surface area contributed by atoms with E-state index in [1.807, 2.05) is 6.07 Å². The zero-order valence-electron chi connectivity index (χ0n) is 17.5. The van der Waals surface area contributed by atoms with Crippen LogP contribution >= 0.6 is 23.4 Å². The molecule has 0 bridgehead atoms. The number of halogens is 3. The summed E-state index contributed by atoms with van der Waals surface area (Å²) in [4.78, 5) is 27.6. The Bertz CT molecular complexity index is 1320. The van der Waals surface area contributed by atoms with Crippen molar-refractivity contribution in [2.24, 2.45) is 0 Å². The molecule has 2 amide bonds. The minimum Gasteiger partial charge on any atom is -0.321 e. The zero-order chi connectivity index (χ0) is 24.2. The molecule has 0 unspecified atom stereocenters. The fourth-order valence-corrected chi connectivity index (χ4v) is 4.91. The van der Waals surface area contributed by atoms with E-state index >= 15 is 0 Å². The molecule has 1 aliphatic rings. The Morgan fingerprint density at radius 2 is 1.65 bits per heavy atom. The summed E-state index contributed by atoms with van der Waals surface area (Å²) in [5.41, 5.74) is 1.05. The molecule has 3 aromatic carbocycles. The van der Waals surface area contributed by atoms with E-state index in [4.69, 9.17) is 11.6 Å². The second kappa shape index (κ2) is 10.1. The average Bonchev–Trinajstić information content (AvgIpc) is 3.13. The third kappa shape index (κ3) is 4.96. The maximum atomic E-state index is 13.5. The third-order valence-corrected chi connectivity index (χ3v) is 6.69. The summed E-state index contributed by atoms with van der Waals surface area (Å²) >= 11 is 7.33. The first kappa shape index (κ1) is 23.5. The quantitative estimate of drug-likeness (QED) is 0.365. The van der Waals surface area contributed by atoms with Gasteiger partial charge in [-0.05, 0) is 66.6 Å². The number of thioether (sulfide) groups is 1. The molecule has 1 heterocycles.